The van der Waals surface area contributed by atoms with Gasteiger partial charge in [-0.1, -0.05) is 60.7 Å². The fraction of sp³-hybridized carbons (Fsp3) is 0.333. The average Bonchev–Trinajstić information content (AvgIpc) is 3.46. The minimum Gasteiger partial charge on any atom is -0.355 e. The lowest BCUT2D eigenvalue weighted by Gasteiger charge is -2.19. The van der Waals surface area contributed by atoms with E-state index in [-0.39, 0.29) is 17.9 Å². The number of nitrogens with one attached hydrogen (secondary N) is 2. The quantitative estimate of drug-likeness (QED) is 0.778. The molecule has 1 atom stereocenters. The summed E-state index contributed by atoms with van der Waals surface area (Å²) >= 11 is 0. The van der Waals surface area contributed by atoms with E-state index in [1.165, 1.54) is 0 Å². The van der Waals surface area contributed by atoms with Crippen LogP contribution >= 0.6 is 0 Å². The summed E-state index contributed by atoms with van der Waals surface area (Å²) in [7, 11) is 0. The Bertz CT molecular complexity index is 696. The minimum atomic E-state index is -0.0548. The highest BCUT2D eigenvalue weighted by Gasteiger charge is 2.33. The summed E-state index contributed by atoms with van der Waals surface area (Å²) in [6.07, 6.45) is 2.97. The predicted molar refractivity (Wildman–Crippen MR) is 97.8 cm³/mol. The maximum atomic E-state index is 12.2. The number of benzene rings is 2. The van der Waals surface area contributed by atoms with Crippen LogP contribution in [0, 0.1) is 5.92 Å². The Morgan fingerprint density at radius 1 is 0.920 bits per heavy atom. The van der Waals surface area contributed by atoms with E-state index in [4.69, 9.17) is 0 Å². The van der Waals surface area contributed by atoms with Crippen molar-refractivity contribution in [3.8, 4) is 0 Å². The Balaban J connectivity index is 1.42. The van der Waals surface area contributed by atoms with Crippen LogP contribution in [-0.2, 0) is 16.0 Å². The Labute approximate surface area is 148 Å². The van der Waals surface area contributed by atoms with Crippen molar-refractivity contribution >= 4 is 11.8 Å². The zero-order chi connectivity index (χ0) is 17.5. The van der Waals surface area contributed by atoms with Gasteiger partial charge in [-0.2, -0.15) is 0 Å². The van der Waals surface area contributed by atoms with Gasteiger partial charge in [0.05, 0.1) is 12.5 Å². The van der Waals surface area contributed by atoms with Crippen molar-refractivity contribution in [2.45, 2.75) is 31.7 Å². The summed E-state index contributed by atoms with van der Waals surface area (Å²) < 4.78 is 0. The molecule has 2 amide bonds. The molecule has 2 N–H and O–H groups in total. The van der Waals surface area contributed by atoms with Crippen LogP contribution in [0.3, 0.4) is 0 Å². The molecule has 130 valence electrons. The van der Waals surface area contributed by atoms with E-state index in [2.05, 4.69) is 22.8 Å². The fourth-order valence-corrected chi connectivity index (χ4v) is 2.97. The number of carbonyl (C=O) groups excluding carboxylic acids is 2. The summed E-state index contributed by atoms with van der Waals surface area (Å²) in [6.45, 7) is 0.365. The van der Waals surface area contributed by atoms with Gasteiger partial charge in [0.2, 0.25) is 11.8 Å². The molecule has 0 aliphatic heterocycles. The number of carbonyl (C=O) groups is 2. The van der Waals surface area contributed by atoms with Crippen molar-refractivity contribution in [1.29, 1.82) is 0 Å². The molecular weight excluding hydrogens is 312 g/mol. The summed E-state index contributed by atoms with van der Waals surface area (Å²) in [5.41, 5.74) is 2.13. The molecule has 1 aliphatic carbocycles. The molecule has 0 aromatic heterocycles. The van der Waals surface area contributed by atoms with Crippen molar-refractivity contribution in [3.05, 3.63) is 71.8 Å². The van der Waals surface area contributed by atoms with Crippen LogP contribution < -0.4 is 10.6 Å². The Hall–Kier alpha value is -2.62. The monoisotopic (exact) mass is 336 g/mol. The first-order chi connectivity index (χ1) is 12.2. The zero-order valence-electron chi connectivity index (χ0n) is 14.3. The molecule has 3 rings (SSSR count). The molecule has 1 saturated carbocycles. The number of rotatable bonds is 8. The summed E-state index contributed by atoms with van der Waals surface area (Å²) in [6, 6.07) is 19.8. The molecule has 4 nitrogen and oxygen atoms in total. The first-order valence-corrected chi connectivity index (χ1v) is 8.87. The zero-order valence-corrected chi connectivity index (χ0v) is 14.3. The van der Waals surface area contributed by atoms with Crippen molar-refractivity contribution < 1.29 is 9.59 Å². The Kier molecular flexibility index (Phi) is 5.83. The average molecular weight is 336 g/mol. The van der Waals surface area contributed by atoms with Gasteiger partial charge in [0, 0.05) is 13.0 Å². The molecule has 0 radical (unpaired) electrons. The van der Waals surface area contributed by atoms with Crippen molar-refractivity contribution in [2.24, 2.45) is 5.92 Å². The second kappa shape index (κ2) is 8.47. The van der Waals surface area contributed by atoms with Crippen molar-refractivity contribution in [2.75, 3.05) is 6.54 Å². The van der Waals surface area contributed by atoms with Gasteiger partial charge in [-0.05, 0) is 29.9 Å². The van der Waals surface area contributed by atoms with Gasteiger partial charge < -0.3 is 10.6 Å². The van der Waals surface area contributed by atoms with E-state index >= 15 is 0 Å². The van der Waals surface area contributed by atoms with E-state index < -0.39 is 0 Å². The van der Waals surface area contributed by atoms with Crippen LogP contribution in [-0.4, -0.2) is 18.4 Å². The molecule has 1 fully saturated rings. The van der Waals surface area contributed by atoms with E-state index in [1.54, 1.807) is 0 Å². The van der Waals surface area contributed by atoms with Crippen LogP contribution in [0.25, 0.3) is 0 Å². The van der Waals surface area contributed by atoms with E-state index in [0.717, 1.165) is 24.0 Å². The maximum Gasteiger partial charge on any atom is 0.224 e. The molecular formula is C21H24N2O2. The fourth-order valence-electron chi connectivity index (χ4n) is 2.97. The molecule has 0 spiro atoms. The predicted octanol–water partition coefficient (Wildman–Crippen LogP) is 3.00. The number of amides is 2. The van der Waals surface area contributed by atoms with Gasteiger partial charge in [-0.25, -0.2) is 0 Å². The lowest BCUT2D eigenvalue weighted by atomic mass is 10.0. The third kappa shape index (κ3) is 5.45. The van der Waals surface area contributed by atoms with Gasteiger partial charge in [-0.3, -0.25) is 9.59 Å². The maximum absolute atomic E-state index is 12.2. The first kappa shape index (κ1) is 17.2. The summed E-state index contributed by atoms with van der Waals surface area (Å²) in [5, 5.41) is 5.95. The highest BCUT2D eigenvalue weighted by molar-refractivity contribution is 5.80. The molecule has 0 unspecified atom stereocenters. The number of hydrogen-bond donors (Lipinski definition) is 2. The van der Waals surface area contributed by atoms with Crippen LogP contribution in [0.4, 0.5) is 0 Å². The van der Waals surface area contributed by atoms with Gasteiger partial charge in [0.1, 0.15) is 0 Å². The van der Waals surface area contributed by atoms with Gasteiger partial charge in [0.25, 0.3) is 0 Å². The van der Waals surface area contributed by atoms with Crippen molar-refractivity contribution in [1.82, 2.24) is 10.6 Å². The van der Waals surface area contributed by atoms with Gasteiger partial charge in [0.15, 0.2) is 0 Å². The van der Waals surface area contributed by atoms with E-state index in [1.807, 2.05) is 48.5 Å². The Morgan fingerprint density at radius 2 is 1.56 bits per heavy atom. The van der Waals surface area contributed by atoms with Gasteiger partial charge in [-0.15, -0.1) is 0 Å². The minimum absolute atomic E-state index is 0.0132. The third-order valence-electron chi connectivity index (χ3n) is 4.45. The van der Waals surface area contributed by atoms with Crippen molar-refractivity contribution in [3.63, 3.8) is 0 Å². The molecule has 0 bridgehead atoms. The smallest absolute Gasteiger partial charge is 0.224 e. The lowest BCUT2D eigenvalue weighted by Crippen LogP contribution is -2.34. The molecule has 2 aromatic rings. The van der Waals surface area contributed by atoms with E-state index in [9.17, 15) is 9.59 Å². The topological polar surface area (TPSA) is 58.2 Å². The molecule has 4 heteroatoms. The molecule has 1 aliphatic rings. The second-order valence-corrected chi connectivity index (χ2v) is 6.56. The highest BCUT2D eigenvalue weighted by Crippen LogP contribution is 2.40. The Morgan fingerprint density at radius 3 is 2.20 bits per heavy atom. The van der Waals surface area contributed by atoms with Crippen LogP contribution in [0.5, 0.6) is 0 Å². The highest BCUT2D eigenvalue weighted by atomic mass is 16.2. The molecule has 25 heavy (non-hydrogen) atoms. The van der Waals surface area contributed by atoms with E-state index in [0.29, 0.717) is 25.3 Å². The second-order valence-electron chi connectivity index (χ2n) is 6.56. The molecule has 2 aromatic carbocycles. The standard InChI is InChI=1S/C21H24N2O2/c24-19(13-14-22-20(25)15-16-7-3-1-4-8-16)23-21(18-11-12-18)17-9-5-2-6-10-17/h1-10,18,21H,11-15H2,(H,22,25)(H,23,24)/t21-/m0/s1. The van der Waals surface area contributed by atoms with Crippen LogP contribution in [0.2, 0.25) is 0 Å². The molecule has 0 saturated heterocycles. The first-order valence-electron chi connectivity index (χ1n) is 8.87. The summed E-state index contributed by atoms with van der Waals surface area (Å²) in [5.74, 6) is 0.473. The largest absolute Gasteiger partial charge is 0.355 e. The SMILES string of the molecule is O=C(Cc1ccccc1)NCCC(=O)N[C@@H](c1ccccc1)C1CC1. The molecule has 0 heterocycles. The lowest BCUT2D eigenvalue weighted by molar-refractivity contribution is -0.122. The van der Waals surface area contributed by atoms with Crippen LogP contribution in [0.1, 0.15) is 36.4 Å². The number of hydrogen-bond acceptors (Lipinski definition) is 2. The normalized spacial score (nSPS) is 14.6. The third-order valence-corrected chi connectivity index (χ3v) is 4.45. The van der Waals surface area contributed by atoms with Crippen LogP contribution in [0.15, 0.2) is 60.7 Å². The summed E-state index contributed by atoms with van der Waals surface area (Å²) in [4.78, 5) is 24.1. The van der Waals surface area contributed by atoms with Gasteiger partial charge >= 0.3 is 0 Å².